The lowest BCUT2D eigenvalue weighted by Crippen LogP contribution is -2.29. The molecule has 0 spiro atoms. The van der Waals surface area contributed by atoms with Crippen molar-refractivity contribution in [1.29, 1.82) is 10.5 Å². The van der Waals surface area contributed by atoms with Gasteiger partial charge in [-0.1, -0.05) is 0 Å². The number of benzene rings is 1. The van der Waals surface area contributed by atoms with E-state index in [-0.39, 0.29) is 29.7 Å². The maximum atomic E-state index is 14.0. The number of nitriles is 2. The highest BCUT2D eigenvalue weighted by molar-refractivity contribution is 5.96. The second-order valence-corrected chi connectivity index (χ2v) is 8.27. The monoisotopic (exact) mass is 509 g/mol. The van der Waals surface area contributed by atoms with Crippen molar-refractivity contribution >= 4 is 17.7 Å². The summed E-state index contributed by atoms with van der Waals surface area (Å²) in [6, 6.07) is 7.99. The Labute approximate surface area is 202 Å². The predicted octanol–water partition coefficient (Wildman–Crippen LogP) is 4.37. The fraction of sp³-hybridized carbons (Fsp3) is 0.435. The molecule has 1 aromatic carbocycles. The van der Waals surface area contributed by atoms with Crippen LogP contribution in [0.3, 0.4) is 0 Å². The van der Waals surface area contributed by atoms with Crippen LogP contribution in [0.1, 0.15) is 54.5 Å². The van der Waals surface area contributed by atoms with Gasteiger partial charge >= 0.3 is 12.1 Å². The standard InChI is InChI=1S/C23H20F5N5O3/c1-2-36-19(34)12-33-18(8-17(32-33)23(26,27)28)31-21(35)20(15-3-4-22(24,25)9-15)16-6-13(10-29)5-14(7-16)11-30/h5-8,15,20H,2-4,9,12H2,1H3,(H,31,35). The van der Waals surface area contributed by atoms with Crippen LogP contribution in [0.5, 0.6) is 0 Å². The van der Waals surface area contributed by atoms with Crippen molar-refractivity contribution < 1.29 is 36.3 Å². The van der Waals surface area contributed by atoms with E-state index < -0.39 is 66.7 Å². The number of carbonyl (C=O) groups excluding carboxylic acids is 2. The molecule has 1 aliphatic carbocycles. The highest BCUT2D eigenvalue weighted by Gasteiger charge is 2.45. The molecule has 0 aliphatic heterocycles. The van der Waals surface area contributed by atoms with Crippen LogP contribution in [0.4, 0.5) is 27.8 Å². The zero-order valence-corrected chi connectivity index (χ0v) is 18.9. The molecule has 0 bridgehead atoms. The minimum Gasteiger partial charge on any atom is -0.465 e. The highest BCUT2D eigenvalue weighted by Crippen LogP contribution is 2.46. The number of rotatable bonds is 7. The number of aromatic nitrogens is 2. The fourth-order valence-corrected chi connectivity index (χ4v) is 4.18. The number of nitrogens with zero attached hydrogens (tertiary/aromatic N) is 4. The third-order valence-electron chi connectivity index (χ3n) is 5.67. The largest absolute Gasteiger partial charge is 0.465 e. The van der Waals surface area contributed by atoms with Crippen molar-refractivity contribution in [3.63, 3.8) is 0 Å². The molecule has 2 unspecified atom stereocenters. The van der Waals surface area contributed by atoms with Crippen LogP contribution in [0.25, 0.3) is 0 Å². The Morgan fingerprint density at radius 2 is 1.86 bits per heavy atom. The summed E-state index contributed by atoms with van der Waals surface area (Å²) in [5.41, 5.74) is -1.26. The zero-order valence-electron chi connectivity index (χ0n) is 18.9. The van der Waals surface area contributed by atoms with E-state index in [1.807, 2.05) is 12.1 Å². The molecule has 2 aromatic rings. The first-order chi connectivity index (χ1) is 16.9. The van der Waals surface area contributed by atoms with Gasteiger partial charge in [-0.2, -0.15) is 28.8 Å². The van der Waals surface area contributed by atoms with E-state index in [0.717, 1.165) is 0 Å². The number of nitrogens with one attached hydrogen (secondary N) is 1. The third kappa shape index (κ3) is 6.16. The molecule has 0 radical (unpaired) electrons. The average Bonchev–Trinajstić information content (AvgIpc) is 3.36. The van der Waals surface area contributed by atoms with Gasteiger partial charge in [0.15, 0.2) is 5.69 Å². The maximum Gasteiger partial charge on any atom is 0.435 e. The van der Waals surface area contributed by atoms with Gasteiger partial charge in [-0.15, -0.1) is 0 Å². The van der Waals surface area contributed by atoms with Crippen LogP contribution in [0.15, 0.2) is 24.3 Å². The molecule has 1 N–H and O–H groups in total. The van der Waals surface area contributed by atoms with Crippen LogP contribution in [0.2, 0.25) is 0 Å². The van der Waals surface area contributed by atoms with Crippen molar-refractivity contribution in [2.45, 2.75) is 50.7 Å². The maximum absolute atomic E-state index is 14.0. The Morgan fingerprint density at radius 3 is 2.36 bits per heavy atom. The highest BCUT2D eigenvalue weighted by atomic mass is 19.4. The normalized spacial score (nSPS) is 17.6. The Balaban J connectivity index is 2.03. The van der Waals surface area contributed by atoms with Gasteiger partial charge in [0, 0.05) is 18.9 Å². The smallest absolute Gasteiger partial charge is 0.435 e. The number of carbonyl (C=O) groups is 2. The second-order valence-electron chi connectivity index (χ2n) is 8.27. The van der Waals surface area contributed by atoms with Crippen molar-refractivity contribution in [3.8, 4) is 12.1 Å². The molecule has 3 rings (SSSR count). The summed E-state index contributed by atoms with van der Waals surface area (Å²) < 4.78 is 73.2. The fourth-order valence-electron chi connectivity index (χ4n) is 4.18. The number of ether oxygens (including phenoxy) is 1. The van der Waals surface area contributed by atoms with E-state index >= 15 is 0 Å². The predicted molar refractivity (Wildman–Crippen MR) is 113 cm³/mol. The molecular weight excluding hydrogens is 489 g/mol. The van der Waals surface area contributed by atoms with E-state index in [2.05, 4.69) is 10.4 Å². The summed E-state index contributed by atoms with van der Waals surface area (Å²) in [7, 11) is 0. The molecule has 1 saturated carbocycles. The Morgan fingerprint density at radius 1 is 1.22 bits per heavy atom. The number of hydrogen-bond donors (Lipinski definition) is 1. The number of esters is 1. The van der Waals surface area contributed by atoms with Gasteiger partial charge in [0.05, 0.1) is 35.8 Å². The number of anilines is 1. The molecule has 8 nitrogen and oxygen atoms in total. The van der Waals surface area contributed by atoms with Gasteiger partial charge in [0.25, 0.3) is 0 Å². The Hall–Kier alpha value is -4.00. The third-order valence-corrected chi connectivity index (χ3v) is 5.67. The van der Waals surface area contributed by atoms with Gasteiger partial charge in [0.2, 0.25) is 11.8 Å². The lowest BCUT2D eigenvalue weighted by atomic mass is 9.82. The molecule has 2 atom stereocenters. The molecule has 1 amide bonds. The van der Waals surface area contributed by atoms with Crippen LogP contribution in [-0.4, -0.2) is 34.2 Å². The van der Waals surface area contributed by atoms with E-state index in [1.165, 1.54) is 25.1 Å². The Bertz CT molecular complexity index is 1210. The molecule has 36 heavy (non-hydrogen) atoms. The van der Waals surface area contributed by atoms with Crippen LogP contribution in [0, 0.1) is 28.6 Å². The van der Waals surface area contributed by atoms with Gasteiger partial charge in [0.1, 0.15) is 12.4 Å². The van der Waals surface area contributed by atoms with Gasteiger partial charge in [-0.3, -0.25) is 9.59 Å². The van der Waals surface area contributed by atoms with E-state index in [0.29, 0.717) is 10.7 Å². The summed E-state index contributed by atoms with van der Waals surface area (Å²) in [6.45, 7) is 0.716. The summed E-state index contributed by atoms with van der Waals surface area (Å²) in [5.74, 6) is -7.65. The minimum absolute atomic E-state index is 0.0123. The first-order valence-corrected chi connectivity index (χ1v) is 10.8. The van der Waals surface area contributed by atoms with Gasteiger partial charge < -0.3 is 10.1 Å². The first-order valence-electron chi connectivity index (χ1n) is 10.8. The van der Waals surface area contributed by atoms with Gasteiger partial charge in [-0.25, -0.2) is 13.5 Å². The Kier molecular flexibility index (Phi) is 7.62. The van der Waals surface area contributed by atoms with Crippen LogP contribution in [-0.2, 0) is 27.0 Å². The number of hydrogen-bond acceptors (Lipinski definition) is 6. The first kappa shape index (κ1) is 26.6. The molecular formula is C23H20F5N5O3. The van der Waals surface area contributed by atoms with Crippen molar-refractivity contribution in [3.05, 3.63) is 46.6 Å². The number of amides is 1. The molecule has 1 fully saturated rings. The van der Waals surface area contributed by atoms with Crippen LogP contribution < -0.4 is 5.32 Å². The minimum atomic E-state index is -4.89. The summed E-state index contributed by atoms with van der Waals surface area (Å²) >= 11 is 0. The molecule has 1 heterocycles. The van der Waals surface area contributed by atoms with Crippen LogP contribution >= 0.6 is 0 Å². The van der Waals surface area contributed by atoms with Crippen molar-refractivity contribution in [2.24, 2.45) is 5.92 Å². The van der Waals surface area contributed by atoms with Gasteiger partial charge in [-0.05, 0) is 43.0 Å². The topological polar surface area (TPSA) is 121 Å². The van der Waals surface area contributed by atoms with E-state index in [4.69, 9.17) is 4.74 Å². The summed E-state index contributed by atoms with van der Waals surface area (Å²) in [6.07, 6.45) is -6.13. The number of halogens is 5. The average molecular weight is 509 g/mol. The molecule has 1 aliphatic rings. The SMILES string of the molecule is CCOC(=O)Cn1nc(C(F)(F)F)cc1NC(=O)C(c1cc(C#N)cc(C#N)c1)C1CCC(F)(F)C1. The quantitative estimate of drug-likeness (QED) is 0.437. The summed E-state index contributed by atoms with van der Waals surface area (Å²) in [4.78, 5) is 25.2. The zero-order chi connectivity index (χ0) is 26.7. The van der Waals surface area contributed by atoms with Crippen molar-refractivity contribution in [2.75, 3.05) is 11.9 Å². The van der Waals surface area contributed by atoms with E-state index in [1.54, 1.807) is 0 Å². The van der Waals surface area contributed by atoms with E-state index in [9.17, 15) is 42.1 Å². The lowest BCUT2D eigenvalue weighted by molar-refractivity contribution is -0.146. The molecule has 0 saturated heterocycles. The molecule has 190 valence electrons. The molecule has 13 heteroatoms. The van der Waals surface area contributed by atoms with Crippen molar-refractivity contribution in [1.82, 2.24) is 9.78 Å². The number of alkyl halides is 5. The summed E-state index contributed by atoms with van der Waals surface area (Å²) in [5, 5.41) is 24.2. The molecule has 1 aromatic heterocycles. The lowest BCUT2D eigenvalue weighted by Gasteiger charge is -2.24. The second kappa shape index (κ2) is 10.3.